The predicted molar refractivity (Wildman–Crippen MR) is 99.7 cm³/mol. The Bertz CT molecular complexity index is 617. The second-order valence-corrected chi connectivity index (χ2v) is 7.35. The van der Waals surface area contributed by atoms with Gasteiger partial charge in [0.2, 0.25) is 5.91 Å². The molecule has 136 valence electrons. The van der Waals surface area contributed by atoms with Crippen molar-refractivity contribution < 1.29 is 9.59 Å². The van der Waals surface area contributed by atoms with Crippen LogP contribution in [0.15, 0.2) is 18.2 Å². The lowest BCUT2D eigenvalue weighted by atomic mass is 9.95. The number of carbonyl (C=O) groups excluding carboxylic acids is 2. The topological polar surface area (TPSA) is 70.2 Å². The Kier molecular flexibility index (Phi) is 6.08. The van der Waals surface area contributed by atoms with Crippen molar-refractivity contribution in [2.24, 2.45) is 5.92 Å². The van der Waals surface area contributed by atoms with Gasteiger partial charge in [-0.15, -0.1) is 0 Å². The Morgan fingerprint density at radius 2 is 1.76 bits per heavy atom. The van der Waals surface area contributed by atoms with Crippen molar-refractivity contribution in [2.75, 3.05) is 18.4 Å². The first-order valence-electron chi connectivity index (χ1n) is 9.56. The standard InChI is InChI=1S/C20H29N3O2/c1-14-13-16(20(25)22-17-5-3-2-4-6-17)7-8-18(14)23-19(24)15-9-11-21-12-10-15/h7-8,13,15,17,21H,2-6,9-12H2,1H3,(H,22,25)(H,23,24). The van der Waals surface area contributed by atoms with Crippen molar-refractivity contribution in [1.82, 2.24) is 10.6 Å². The zero-order valence-electron chi connectivity index (χ0n) is 15.1. The lowest BCUT2D eigenvalue weighted by Gasteiger charge is -2.23. The molecule has 1 aliphatic carbocycles. The van der Waals surface area contributed by atoms with Crippen LogP contribution in [-0.2, 0) is 4.79 Å². The smallest absolute Gasteiger partial charge is 0.251 e. The summed E-state index contributed by atoms with van der Waals surface area (Å²) >= 11 is 0. The number of anilines is 1. The summed E-state index contributed by atoms with van der Waals surface area (Å²) < 4.78 is 0. The molecule has 3 N–H and O–H groups in total. The van der Waals surface area contributed by atoms with Crippen LogP contribution in [0.2, 0.25) is 0 Å². The highest BCUT2D eigenvalue weighted by Crippen LogP contribution is 2.21. The molecule has 1 heterocycles. The third kappa shape index (κ3) is 4.82. The highest BCUT2D eigenvalue weighted by Gasteiger charge is 2.22. The molecule has 25 heavy (non-hydrogen) atoms. The minimum Gasteiger partial charge on any atom is -0.349 e. The molecule has 2 fully saturated rings. The zero-order chi connectivity index (χ0) is 17.6. The van der Waals surface area contributed by atoms with E-state index in [9.17, 15) is 9.59 Å². The molecule has 0 aromatic heterocycles. The third-order valence-corrected chi connectivity index (χ3v) is 5.40. The van der Waals surface area contributed by atoms with Gasteiger partial charge in [0.1, 0.15) is 0 Å². The molecule has 1 aliphatic heterocycles. The summed E-state index contributed by atoms with van der Waals surface area (Å²) in [6, 6.07) is 5.84. The highest BCUT2D eigenvalue weighted by molar-refractivity contribution is 5.97. The molecular formula is C20H29N3O2. The van der Waals surface area contributed by atoms with E-state index in [1.54, 1.807) is 0 Å². The van der Waals surface area contributed by atoms with E-state index < -0.39 is 0 Å². The van der Waals surface area contributed by atoms with E-state index in [4.69, 9.17) is 0 Å². The molecule has 5 heteroatoms. The van der Waals surface area contributed by atoms with Crippen LogP contribution in [0.1, 0.15) is 60.9 Å². The van der Waals surface area contributed by atoms with E-state index in [1.807, 2.05) is 25.1 Å². The van der Waals surface area contributed by atoms with Gasteiger partial charge >= 0.3 is 0 Å². The lowest BCUT2D eigenvalue weighted by Crippen LogP contribution is -2.36. The van der Waals surface area contributed by atoms with E-state index in [-0.39, 0.29) is 17.7 Å². The molecule has 1 saturated heterocycles. The number of aryl methyl sites for hydroxylation is 1. The Morgan fingerprint density at radius 1 is 1.04 bits per heavy atom. The van der Waals surface area contributed by atoms with Crippen LogP contribution in [-0.4, -0.2) is 30.9 Å². The SMILES string of the molecule is Cc1cc(C(=O)NC2CCCCC2)ccc1NC(=O)C1CCNCC1. The summed E-state index contributed by atoms with van der Waals surface area (Å²) in [7, 11) is 0. The summed E-state index contributed by atoms with van der Waals surface area (Å²) in [6.45, 7) is 3.74. The number of piperidine rings is 1. The van der Waals surface area contributed by atoms with E-state index in [2.05, 4.69) is 16.0 Å². The first kappa shape index (κ1) is 17.9. The molecule has 1 aromatic rings. The fourth-order valence-corrected chi connectivity index (χ4v) is 3.78. The molecule has 1 aromatic carbocycles. The molecule has 2 amide bonds. The number of carbonyl (C=O) groups is 2. The average Bonchev–Trinajstić information content (AvgIpc) is 2.65. The number of rotatable bonds is 4. The molecule has 2 aliphatic rings. The van der Waals surface area contributed by atoms with E-state index >= 15 is 0 Å². The summed E-state index contributed by atoms with van der Waals surface area (Å²) in [5.41, 5.74) is 2.40. The quantitative estimate of drug-likeness (QED) is 0.787. The third-order valence-electron chi connectivity index (χ3n) is 5.40. The van der Waals surface area contributed by atoms with Gasteiger partial charge in [-0.25, -0.2) is 0 Å². The first-order chi connectivity index (χ1) is 12.1. The number of amides is 2. The molecule has 0 unspecified atom stereocenters. The maximum atomic E-state index is 12.4. The second kappa shape index (κ2) is 8.48. The van der Waals surface area contributed by atoms with Crippen molar-refractivity contribution in [2.45, 2.75) is 57.9 Å². The average molecular weight is 343 g/mol. The molecule has 3 rings (SSSR count). The molecular weight excluding hydrogens is 314 g/mol. The van der Waals surface area contributed by atoms with Gasteiger partial charge in [-0.2, -0.15) is 0 Å². The number of benzene rings is 1. The van der Waals surface area contributed by atoms with Crippen LogP contribution in [0.4, 0.5) is 5.69 Å². The van der Waals surface area contributed by atoms with E-state index in [0.29, 0.717) is 11.6 Å². The second-order valence-electron chi connectivity index (χ2n) is 7.35. The Labute approximate surface area is 150 Å². The number of hydrogen-bond acceptors (Lipinski definition) is 3. The molecule has 0 spiro atoms. The van der Waals surface area contributed by atoms with E-state index in [0.717, 1.165) is 50.0 Å². The van der Waals surface area contributed by atoms with Crippen molar-refractivity contribution >= 4 is 17.5 Å². The minimum atomic E-state index is -0.00812. The lowest BCUT2D eigenvalue weighted by molar-refractivity contribution is -0.120. The van der Waals surface area contributed by atoms with Gasteiger partial charge in [-0.05, 0) is 69.5 Å². The van der Waals surface area contributed by atoms with Crippen molar-refractivity contribution in [3.8, 4) is 0 Å². The van der Waals surface area contributed by atoms with Crippen molar-refractivity contribution in [3.05, 3.63) is 29.3 Å². The zero-order valence-corrected chi connectivity index (χ0v) is 15.1. The largest absolute Gasteiger partial charge is 0.349 e. The van der Waals surface area contributed by atoms with Gasteiger partial charge in [0.25, 0.3) is 5.91 Å². The highest BCUT2D eigenvalue weighted by atomic mass is 16.2. The molecule has 5 nitrogen and oxygen atoms in total. The minimum absolute atomic E-state index is 0.00812. The van der Waals surface area contributed by atoms with Gasteiger partial charge in [-0.3, -0.25) is 9.59 Å². The summed E-state index contributed by atoms with van der Waals surface area (Å²) in [5.74, 6) is 0.158. The van der Waals surface area contributed by atoms with E-state index in [1.165, 1.54) is 19.3 Å². The fourth-order valence-electron chi connectivity index (χ4n) is 3.78. The predicted octanol–water partition coefficient (Wildman–Crippen LogP) is 3.00. The van der Waals surface area contributed by atoms with Gasteiger partial charge < -0.3 is 16.0 Å². The van der Waals surface area contributed by atoms with Crippen molar-refractivity contribution in [3.63, 3.8) is 0 Å². The summed E-state index contributed by atoms with van der Waals surface area (Å²) in [5, 5.41) is 9.44. The Morgan fingerprint density at radius 3 is 2.44 bits per heavy atom. The van der Waals surface area contributed by atoms with Crippen LogP contribution in [0.3, 0.4) is 0 Å². The van der Waals surface area contributed by atoms with Gasteiger partial charge in [0, 0.05) is 23.2 Å². The fraction of sp³-hybridized carbons (Fsp3) is 0.600. The Hall–Kier alpha value is -1.88. The van der Waals surface area contributed by atoms with Crippen LogP contribution in [0.25, 0.3) is 0 Å². The molecule has 0 bridgehead atoms. The molecule has 1 saturated carbocycles. The van der Waals surface area contributed by atoms with Gasteiger partial charge in [-0.1, -0.05) is 19.3 Å². The first-order valence-corrected chi connectivity index (χ1v) is 9.56. The normalized spacial score (nSPS) is 19.4. The monoisotopic (exact) mass is 343 g/mol. The number of hydrogen-bond donors (Lipinski definition) is 3. The van der Waals surface area contributed by atoms with Crippen LogP contribution in [0.5, 0.6) is 0 Å². The maximum absolute atomic E-state index is 12.4. The molecule has 0 radical (unpaired) electrons. The molecule has 0 atom stereocenters. The Balaban J connectivity index is 1.59. The summed E-state index contributed by atoms with van der Waals surface area (Å²) in [6.07, 6.45) is 7.60. The van der Waals surface area contributed by atoms with Crippen LogP contribution < -0.4 is 16.0 Å². The van der Waals surface area contributed by atoms with Gasteiger partial charge in [0.15, 0.2) is 0 Å². The van der Waals surface area contributed by atoms with Gasteiger partial charge in [0.05, 0.1) is 0 Å². The van der Waals surface area contributed by atoms with Crippen molar-refractivity contribution in [1.29, 1.82) is 0 Å². The van der Waals surface area contributed by atoms with Crippen LogP contribution in [0, 0.1) is 12.8 Å². The summed E-state index contributed by atoms with van der Waals surface area (Å²) in [4.78, 5) is 24.8. The maximum Gasteiger partial charge on any atom is 0.251 e. The van der Waals surface area contributed by atoms with Crippen LogP contribution >= 0.6 is 0 Å². The number of nitrogens with one attached hydrogen (secondary N) is 3.